The van der Waals surface area contributed by atoms with Gasteiger partial charge in [-0.25, -0.2) is 4.79 Å². The molecule has 110 valence electrons. The van der Waals surface area contributed by atoms with Gasteiger partial charge in [-0.2, -0.15) is 0 Å². The standard InChI is InChI=1S/C12H11N3O4S2/c16-9(5-20-7-3-8(11(17)18)21-4-7)13-12-15-14-10(19-12)6-1-2-6/h3-4,6H,1-2,5H2,(H,17,18)(H,13,15,16). The van der Waals surface area contributed by atoms with E-state index in [0.717, 1.165) is 29.1 Å². The van der Waals surface area contributed by atoms with E-state index in [4.69, 9.17) is 9.52 Å². The van der Waals surface area contributed by atoms with Gasteiger partial charge in [0.2, 0.25) is 11.8 Å². The van der Waals surface area contributed by atoms with Crippen LogP contribution in [0.2, 0.25) is 0 Å². The highest BCUT2D eigenvalue weighted by Crippen LogP contribution is 2.39. The molecule has 0 aliphatic heterocycles. The van der Waals surface area contributed by atoms with Gasteiger partial charge in [0.05, 0.1) is 5.75 Å². The van der Waals surface area contributed by atoms with E-state index in [0.29, 0.717) is 11.8 Å². The number of carboxylic acids is 1. The molecule has 1 saturated carbocycles. The summed E-state index contributed by atoms with van der Waals surface area (Å²) in [5, 5.41) is 20.7. The predicted molar refractivity (Wildman–Crippen MR) is 76.9 cm³/mol. The summed E-state index contributed by atoms with van der Waals surface area (Å²) in [6.45, 7) is 0. The maximum atomic E-state index is 11.7. The van der Waals surface area contributed by atoms with Gasteiger partial charge in [-0.3, -0.25) is 10.1 Å². The number of carbonyl (C=O) groups excluding carboxylic acids is 1. The lowest BCUT2D eigenvalue weighted by atomic mass is 10.4. The number of thiophene rings is 1. The van der Waals surface area contributed by atoms with Crippen LogP contribution in [0.5, 0.6) is 0 Å². The SMILES string of the molecule is O=C(CSc1csc(C(=O)O)c1)Nc1nnc(C2CC2)o1. The fourth-order valence-corrected chi connectivity index (χ4v) is 3.26. The zero-order chi connectivity index (χ0) is 14.8. The fourth-order valence-electron chi connectivity index (χ4n) is 1.59. The molecule has 2 N–H and O–H groups in total. The Hall–Kier alpha value is -1.87. The molecule has 3 rings (SSSR count). The number of carboxylic acid groups (broad SMARTS) is 1. The first-order chi connectivity index (χ1) is 10.1. The second-order valence-electron chi connectivity index (χ2n) is 4.51. The van der Waals surface area contributed by atoms with E-state index >= 15 is 0 Å². The average Bonchev–Trinajstić information content (AvgIpc) is 3.00. The number of aromatic nitrogens is 2. The lowest BCUT2D eigenvalue weighted by Gasteiger charge is -1.98. The smallest absolute Gasteiger partial charge is 0.345 e. The van der Waals surface area contributed by atoms with Crippen LogP contribution in [-0.2, 0) is 4.79 Å². The van der Waals surface area contributed by atoms with Crippen LogP contribution in [0.25, 0.3) is 0 Å². The molecule has 0 atom stereocenters. The van der Waals surface area contributed by atoms with Gasteiger partial charge >= 0.3 is 12.0 Å². The second kappa shape index (κ2) is 5.86. The van der Waals surface area contributed by atoms with Crippen LogP contribution in [0.3, 0.4) is 0 Å². The molecule has 2 aromatic rings. The summed E-state index contributed by atoms with van der Waals surface area (Å²) in [4.78, 5) is 23.5. The lowest BCUT2D eigenvalue weighted by Crippen LogP contribution is -2.14. The zero-order valence-electron chi connectivity index (χ0n) is 10.7. The Bertz CT molecular complexity index is 678. The van der Waals surface area contributed by atoms with Gasteiger partial charge < -0.3 is 9.52 Å². The van der Waals surface area contributed by atoms with E-state index in [-0.39, 0.29) is 22.6 Å². The van der Waals surface area contributed by atoms with E-state index in [1.165, 1.54) is 11.8 Å². The molecule has 2 heterocycles. The van der Waals surface area contributed by atoms with Crippen LogP contribution in [0.4, 0.5) is 6.01 Å². The third-order valence-electron chi connectivity index (χ3n) is 2.77. The number of hydrogen-bond donors (Lipinski definition) is 2. The van der Waals surface area contributed by atoms with Crippen molar-refractivity contribution in [3.05, 3.63) is 22.2 Å². The number of carbonyl (C=O) groups is 2. The normalized spacial score (nSPS) is 14.1. The second-order valence-corrected chi connectivity index (χ2v) is 6.47. The van der Waals surface area contributed by atoms with Crippen LogP contribution in [0.1, 0.15) is 34.3 Å². The van der Waals surface area contributed by atoms with Crippen molar-refractivity contribution in [3.63, 3.8) is 0 Å². The van der Waals surface area contributed by atoms with Crippen LogP contribution in [0, 0.1) is 0 Å². The molecule has 0 radical (unpaired) electrons. The summed E-state index contributed by atoms with van der Waals surface area (Å²) in [7, 11) is 0. The summed E-state index contributed by atoms with van der Waals surface area (Å²) in [5.74, 6) is -0.166. The number of nitrogens with one attached hydrogen (secondary N) is 1. The van der Waals surface area contributed by atoms with E-state index in [1.807, 2.05) is 0 Å². The van der Waals surface area contributed by atoms with Gasteiger partial charge in [-0.1, -0.05) is 5.10 Å². The lowest BCUT2D eigenvalue weighted by molar-refractivity contribution is -0.113. The van der Waals surface area contributed by atoms with Gasteiger partial charge in [-0.15, -0.1) is 28.2 Å². The van der Waals surface area contributed by atoms with E-state index in [9.17, 15) is 9.59 Å². The van der Waals surface area contributed by atoms with Crippen LogP contribution in [0.15, 0.2) is 20.8 Å². The quantitative estimate of drug-likeness (QED) is 0.786. The number of anilines is 1. The van der Waals surface area contributed by atoms with Crippen molar-refractivity contribution >= 4 is 41.0 Å². The van der Waals surface area contributed by atoms with Crippen molar-refractivity contribution in [3.8, 4) is 0 Å². The number of aromatic carboxylic acids is 1. The van der Waals surface area contributed by atoms with Crippen LogP contribution < -0.4 is 5.32 Å². The van der Waals surface area contributed by atoms with Gasteiger partial charge in [0.15, 0.2) is 0 Å². The average molecular weight is 325 g/mol. The van der Waals surface area contributed by atoms with Crippen molar-refractivity contribution in [2.45, 2.75) is 23.7 Å². The van der Waals surface area contributed by atoms with Gasteiger partial charge in [-0.05, 0) is 18.9 Å². The van der Waals surface area contributed by atoms with Crippen LogP contribution >= 0.6 is 23.1 Å². The summed E-state index contributed by atoms with van der Waals surface area (Å²) >= 11 is 2.39. The molecule has 1 aliphatic rings. The number of nitrogens with zero attached hydrogens (tertiary/aromatic N) is 2. The minimum Gasteiger partial charge on any atom is -0.477 e. The maximum absolute atomic E-state index is 11.7. The Balaban J connectivity index is 1.49. The predicted octanol–water partition coefficient (Wildman–Crippen LogP) is 2.44. The van der Waals surface area contributed by atoms with E-state index < -0.39 is 5.97 Å². The molecular formula is C12H11N3O4S2. The Morgan fingerprint density at radius 3 is 2.95 bits per heavy atom. The molecule has 0 saturated heterocycles. The first kappa shape index (κ1) is 14.1. The van der Waals surface area contributed by atoms with Crippen molar-refractivity contribution in [2.75, 3.05) is 11.1 Å². The van der Waals surface area contributed by atoms with Crippen molar-refractivity contribution in [2.24, 2.45) is 0 Å². The number of thioether (sulfide) groups is 1. The molecule has 0 bridgehead atoms. The van der Waals surface area contributed by atoms with E-state index in [1.54, 1.807) is 11.4 Å². The molecule has 1 amide bonds. The minimum absolute atomic E-state index is 0.110. The number of rotatable bonds is 6. The molecule has 9 heteroatoms. The Morgan fingerprint density at radius 2 is 2.29 bits per heavy atom. The van der Waals surface area contributed by atoms with Gasteiger partial charge in [0.25, 0.3) is 0 Å². The Labute approximate surface area is 127 Å². The van der Waals surface area contributed by atoms with Crippen molar-refractivity contribution in [1.82, 2.24) is 10.2 Å². The molecular weight excluding hydrogens is 314 g/mol. The number of hydrogen-bond acceptors (Lipinski definition) is 7. The molecule has 1 fully saturated rings. The fraction of sp³-hybridized carbons (Fsp3) is 0.333. The molecule has 2 aromatic heterocycles. The highest BCUT2D eigenvalue weighted by atomic mass is 32.2. The highest BCUT2D eigenvalue weighted by Gasteiger charge is 2.29. The summed E-state index contributed by atoms with van der Waals surface area (Å²) in [5.41, 5.74) is 0. The summed E-state index contributed by atoms with van der Waals surface area (Å²) < 4.78 is 5.33. The first-order valence-corrected chi connectivity index (χ1v) is 8.06. The molecule has 0 unspecified atom stereocenters. The van der Waals surface area contributed by atoms with Crippen LogP contribution in [-0.4, -0.2) is 32.9 Å². The third-order valence-corrected chi connectivity index (χ3v) is 4.81. The molecule has 21 heavy (non-hydrogen) atoms. The Kier molecular flexibility index (Phi) is 3.93. The maximum Gasteiger partial charge on any atom is 0.345 e. The molecule has 7 nitrogen and oxygen atoms in total. The summed E-state index contributed by atoms with van der Waals surface area (Å²) in [6, 6.07) is 1.65. The zero-order valence-corrected chi connectivity index (χ0v) is 12.4. The number of amides is 1. The molecule has 0 spiro atoms. The Morgan fingerprint density at radius 1 is 1.48 bits per heavy atom. The van der Waals surface area contributed by atoms with Gasteiger partial charge in [0, 0.05) is 16.2 Å². The molecule has 1 aliphatic carbocycles. The monoisotopic (exact) mass is 325 g/mol. The highest BCUT2D eigenvalue weighted by molar-refractivity contribution is 8.00. The van der Waals surface area contributed by atoms with Crippen molar-refractivity contribution < 1.29 is 19.1 Å². The van der Waals surface area contributed by atoms with Crippen molar-refractivity contribution in [1.29, 1.82) is 0 Å². The topological polar surface area (TPSA) is 105 Å². The third kappa shape index (κ3) is 3.61. The largest absolute Gasteiger partial charge is 0.477 e. The van der Waals surface area contributed by atoms with E-state index in [2.05, 4.69) is 15.5 Å². The minimum atomic E-state index is -0.963. The van der Waals surface area contributed by atoms with Gasteiger partial charge in [0.1, 0.15) is 4.88 Å². The summed E-state index contributed by atoms with van der Waals surface area (Å²) in [6.07, 6.45) is 2.10. The molecule has 0 aromatic carbocycles. The first-order valence-electron chi connectivity index (χ1n) is 6.19.